The molecule has 148 valence electrons. The molecule has 2 aliphatic rings. The number of halogens is 1. The van der Waals surface area contributed by atoms with E-state index in [0.29, 0.717) is 55.1 Å². The van der Waals surface area contributed by atoms with Crippen LogP contribution in [0.1, 0.15) is 29.8 Å². The number of carbonyl (C=O) groups excluding carboxylic acids is 1. The van der Waals surface area contributed by atoms with E-state index >= 15 is 0 Å². The third kappa shape index (κ3) is 3.69. The van der Waals surface area contributed by atoms with E-state index in [0.717, 1.165) is 17.1 Å². The first-order chi connectivity index (χ1) is 13.4. The van der Waals surface area contributed by atoms with Crippen molar-refractivity contribution in [3.63, 3.8) is 0 Å². The van der Waals surface area contributed by atoms with Gasteiger partial charge >= 0.3 is 0 Å². The van der Waals surface area contributed by atoms with E-state index in [-0.39, 0.29) is 11.3 Å². The minimum Gasteiger partial charge on any atom is -0.486 e. The second kappa shape index (κ2) is 7.43. The summed E-state index contributed by atoms with van der Waals surface area (Å²) in [5.41, 5.74) is 1.19. The fourth-order valence-corrected chi connectivity index (χ4v) is 3.48. The zero-order valence-corrected chi connectivity index (χ0v) is 16.6. The number of rotatable bonds is 4. The summed E-state index contributed by atoms with van der Waals surface area (Å²) in [6, 6.07) is 9.14. The highest BCUT2D eigenvalue weighted by Gasteiger charge is 2.25. The van der Waals surface area contributed by atoms with E-state index in [1.54, 1.807) is 12.1 Å². The Morgan fingerprint density at radius 2 is 1.64 bits per heavy atom. The first kappa shape index (κ1) is 18.7. The van der Waals surface area contributed by atoms with Gasteiger partial charge in [-0.3, -0.25) is 4.79 Å². The van der Waals surface area contributed by atoms with Gasteiger partial charge in [-0.1, -0.05) is 31.5 Å². The van der Waals surface area contributed by atoms with Gasteiger partial charge in [0.25, 0.3) is 5.91 Å². The van der Waals surface area contributed by atoms with Crippen molar-refractivity contribution in [1.82, 2.24) is 5.32 Å². The number of amides is 1. The summed E-state index contributed by atoms with van der Waals surface area (Å²) in [6.07, 6.45) is 0. The van der Waals surface area contributed by atoms with Gasteiger partial charge in [0.1, 0.15) is 26.4 Å². The Hall–Kier alpha value is -2.60. The SMILES string of the molecule is CC(C)(CNC(=O)c1cc(Cl)c2c(c1)OCCO2)c1ccc2c(c1)OCCO2. The second-order valence-corrected chi connectivity index (χ2v) is 7.81. The molecule has 2 aliphatic heterocycles. The Morgan fingerprint density at radius 3 is 2.43 bits per heavy atom. The van der Waals surface area contributed by atoms with Crippen molar-refractivity contribution in [3.8, 4) is 23.0 Å². The van der Waals surface area contributed by atoms with Gasteiger partial charge in [0.05, 0.1) is 5.02 Å². The predicted octanol–water partition coefficient (Wildman–Crippen LogP) is 3.59. The summed E-state index contributed by atoms with van der Waals surface area (Å²) < 4.78 is 22.3. The van der Waals surface area contributed by atoms with Crippen LogP contribution in [0.3, 0.4) is 0 Å². The molecule has 0 spiro atoms. The number of carbonyl (C=O) groups is 1. The normalized spacial score (nSPS) is 15.1. The average molecular weight is 404 g/mol. The maximum absolute atomic E-state index is 12.7. The molecule has 0 radical (unpaired) electrons. The van der Waals surface area contributed by atoms with Crippen LogP contribution in [0.5, 0.6) is 23.0 Å². The van der Waals surface area contributed by atoms with Crippen LogP contribution in [0.4, 0.5) is 0 Å². The molecule has 0 fully saturated rings. The molecule has 28 heavy (non-hydrogen) atoms. The van der Waals surface area contributed by atoms with Crippen molar-refractivity contribution < 1.29 is 23.7 Å². The van der Waals surface area contributed by atoms with E-state index in [2.05, 4.69) is 19.2 Å². The summed E-state index contributed by atoms with van der Waals surface area (Å²) in [6.45, 7) is 6.55. The van der Waals surface area contributed by atoms with Crippen LogP contribution < -0.4 is 24.3 Å². The maximum atomic E-state index is 12.7. The Balaban J connectivity index is 1.47. The Morgan fingerprint density at radius 1 is 0.964 bits per heavy atom. The highest BCUT2D eigenvalue weighted by molar-refractivity contribution is 6.32. The van der Waals surface area contributed by atoms with Gasteiger partial charge in [-0.05, 0) is 29.8 Å². The smallest absolute Gasteiger partial charge is 0.251 e. The van der Waals surface area contributed by atoms with E-state index in [4.69, 9.17) is 30.5 Å². The van der Waals surface area contributed by atoms with Crippen molar-refractivity contribution in [3.05, 3.63) is 46.5 Å². The number of benzene rings is 2. The zero-order valence-electron chi connectivity index (χ0n) is 15.8. The summed E-state index contributed by atoms with van der Waals surface area (Å²) >= 11 is 6.23. The van der Waals surface area contributed by atoms with E-state index < -0.39 is 0 Å². The first-order valence-corrected chi connectivity index (χ1v) is 9.59. The molecule has 2 aromatic rings. The van der Waals surface area contributed by atoms with Crippen molar-refractivity contribution >= 4 is 17.5 Å². The Kier molecular flexibility index (Phi) is 4.98. The van der Waals surface area contributed by atoms with E-state index in [9.17, 15) is 4.79 Å². The zero-order chi connectivity index (χ0) is 19.7. The monoisotopic (exact) mass is 403 g/mol. The number of hydrogen-bond acceptors (Lipinski definition) is 5. The van der Waals surface area contributed by atoms with Gasteiger partial charge < -0.3 is 24.3 Å². The lowest BCUT2D eigenvalue weighted by molar-refractivity contribution is 0.0944. The summed E-state index contributed by atoms with van der Waals surface area (Å²) in [7, 11) is 0. The summed E-state index contributed by atoms with van der Waals surface area (Å²) in [5, 5.41) is 3.35. The topological polar surface area (TPSA) is 66.0 Å². The lowest BCUT2D eigenvalue weighted by atomic mass is 9.84. The Labute approximate surface area is 168 Å². The number of hydrogen-bond donors (Lipinski definition) is 1. The minimum atomic E-state index is -0.302. The maximum Gasteiger partial charge on any atom is 0.251 e. The van der Waals surface area contributed by atoms with Crippen LogP contribution in [0.25, 0.3) is 0 Å². The quantitative estimate of drug-likeness (QED) is 0.845. The van der Waals surface area contributed by atoms with Crippen molar-refractivity contribution in [2.45, 2.75) is 19.3 Å². The summed E-state index contributed by atoms with van der Waals surface area (Å²) in [4.78, 5) is 12.7. The molecule has 1 amide bonds. The Bertz CT molecular complexity index is 912. The van der Waals surface area contributed by atoms with Crippen LogP contribution in [0.15, 0.2) is 30.3 Å². The molecule has 2 heterocycles. The number of ether oxygens (including phenoxy) is 4. The molecule has 2 aromatic carbocycles. The molecule has 0 unspecified atom stereocenters. The fourth-order valence-electron chi connectivity index (χ4n) is 3.21. The second-order valence-electron chi connectivity index (χ2n) is 7.41. The molecule has 0 saturated heterocycles. The van der Waals surface area contributed by atoms with Crippen molar-refractivity contribution in [2.24, 2.45) is 0 Å². The molecule has 1 N–H and O–H groups in total. The molecule has 0 bridgehead atoms. The van der Waals surface area contributed by atoms with E-state index in [1.807, 2.05) is 18.2 Å². The van der Waals surface area contributed by atoms with Gasteiger partial charge in [0.2, 0.25) is 0 Å². The van der Waals surface area contributed by atoms with E-state index in [1.165, 1.54) is 0 Å². The molecular weight excluding hydrogens is 382 g/mol. The van der Waals surface area contributed by atoms with Gasteiger partial charge in [0, 0.05) is 17.5 Å². The standard InChI is InChI=1S/C21H22ClNO5/c1-21(2,14-3-4-16-17(11-14)26-6-5-25-16)12-23-20(24)13-9-15(22)19-18(10-13)27-7-8-28-19/h3-4,9-11H,5-8,12H2,1-2H3,(H,23,24). The van der Waals surface area contributed by atoms with Gasteiger partial charge in [-0.15, -0.1) is 0 Å². The third-order valence-corrected chi connectivity index (χ3v) is 5.15. The van der Waals surface area contributed by atoms with Gasteiger partial charge in [0.15, 0.2) is 23.0 Å². The molecule has 6 nitrogen and oxygen atoms in total. The molecule has 0 aromatic heterocycles. The average Bonchev–Trinajstić information content (AvgIpc) is 2.71. The minimum absolute atomic E-state index is 0.218. The molecule has 0 aliphatic carbocycles. The largest absolute Gasteiger partial charge is 0.486 e. The highest BCUT2D eigenvalue weighted by atomic mass is 35.5. The number of nitrogens with one attached hydrogen (secondary N) is 1. The molecule has 0 atom stereocenters. The number of fused-ring (bicyclic) bond motifs is 2. The van der Waals surface area contributed by atoms with Crippen LogP contribution in [0.2, 0.25) is 5.02 Å². The van der Waals surface area contributed by atoms with Gasteiger partial charge in [-0.2, -0.15) is 0 Å². The highest BCUT2D eigenvalue weighted by Crippen LogP contribution is 2.38. The third-order valence-electron chi connectivity index (χ3n) is 4.87. The predicted molar refractivity (Wildman–Crippen MR) is 105 cm³/mol. The summed E-state index contributed by atoms with van der Waals surface area (Å²) in [5.74, 6) is 2.25. The lowest BCUT2D eigenvalue weighted by Crippen LogP contribution is -2.36. The molecule has 0 saturated carbocycles. The fraction of sp³-hybridized carbons (Fsp3) is 0.381. The van der Waals surface area contributed by atoms with Gasteiger partial charge in [-0.25, -0.2) is 0 Å². The molecule has 4 rings (SSSR count). The molecule has 7 heteroatoms. The van der Waals surface area contributed by atoms with Crippen LogP contribution in [0, 0.1) is 0 Å². The molecular formula is C21H22ClNO5. The van der Waals surface area contributed by atoms with Crippen molar-refractivity contribution in [2.75, 3.05) is 33.0 Å². The van der Waals surface area contributed by atoms with Crippen LogP contribution >= 0.6 is 11.6 Å². The lowest BCUT2D eigenvalue weighted by Gasteiger charge is -2.28. The first-order valence-electron chi connectivity index (χ1n) is 9.21. The van der Waals surface area contributed by atoms with Crippen molar-refractivity contribution in [1.29, 1.82) is 0 Å². The van der Waals surface area contributed by atoms with Crippen LogP contribution in [-0.2, 0) is 5.41 Å². The van der Waals surface area contributed by atoms with Crippen LogP contribution in [-0.4, -0.2) is 38.9 Å².